The fourth-order valence-electron chi connectivity index (χ4n) is 3.36. The molecule has 0 fully saturated rings. The molecule has 0 saturated heterocycles. The van der Waals surface area contributed by atoms with Gasteiger partial charge in [-0.15, -0.1) is 11.3 Å². The molecule has 132 valence electrons. The van der Waals surface area contributed by atoms with E-state index < -0.39 is 0 Å². The van der Waals surface area contributed by atoms with E-state index in [0.29, 0.717) is 5.69 Å². The first kappa shape index (κ1) is 16.6. The number of hydrogen-bond donors (Lipinski definition) is 1. The van der Waals surface area contributed by atoms with Crippen LogP contribution >= 0.6 is 11.3 Å². The Morgan fingerprint density at radius 2 is 2.00 bits per heavy atom. The number of fused-ring (bicyclic) bond motifs is 1. The number of benzene rings is 1. The van der Waals surface area contributed by atoms with Gasteiger partial charge < -0.3 is 14.6 Å². The van der Waals surface area contributed by atoms with Gasteiger partial charge in [-0.1, -0.05) is 12.1 Å². The normalized spacial score (nSPS) is 16.2. The van der Waals surface area contributed by atoms with Crippen molar-refractivity contribution in [1.29, 1.82) is 0 Å². The van der Waals surface area contributed by atoms with Crippen molar-refractivity contribution in [3.05, 3.63) is 75.9 Å². The van der Waals surface area contributed by atoms with E-state index in [4.69, 9.17) is 4.42 Å². The van der Waals surface area contributed by atoms with Gasteiger partial charge in [-0.3, -0.25) is 9.59 Å². The Morgan fingerprint density at radius 1 is 1.19 bits per heavy atom. The second kappa shape index (κ2) is 6.80. The Balaban J connectivity index is 1.59. The standard InChI is InChI=1S/C20H18N2O3S/c1-13(23)22-10-8-18-16(9-12-26-18)19(22)14-4-6-15(7-5-14)21-20(24)17-3-2-11-25-17/h2-7,9,11-12,19H,8,10H2,1H3,(H,21,24)/t19-/m0/s1. The lowest BCUT2D eigenvalue weighted by molar-refractivity contribution is -0.130. The number of amides is 2. The van der Waals surface area contributed by atoms with E-state index >= 15 is 0 Å². The summed E-state index contributed by atoms with van der Waals surface area (Å²) >= 11 is 1.74. The molecule has 4 rings (SSSR count). The zero-order valence-electron chi connectivity index (χ0n) is 14.3. The Morgan fingerprint density at radius 3 is 2.69 bits per heavy atom. The highest BCUT2D eigenvalue weighted by Gasteiger charge is 2.31. The van der Waals surface area contributed by atoms with Gasteiger partial charge in [0.15, 0.2) is 5.76 Å². The van der Waals surface area contributed by atoms with Crippen molar-refractivity contribution in [2.45, 2.75) is 19.4 Å². The average Bonchev–Trinajstić information content (AvgIpc) is 3.33. The molecule has 0 unspecified atom stereocenters. The molecule has 0 bridgehead atoms. The van der Waals surface area contributed by atoms with Crippen molar-refractivity contribution in [3.63, 3.8) is 0 Å². The Bertz CT molecular complexity index is 928. The van der Waals surface area contributed by atoms with Crippen LogP contribution in [0.5, 0.6) is 0 Å². The maximum atomic E-state index is 12.1. The van der Waals surface area contributed by atoms with E-state index in [9.17, 15) is 9.59 Å². The molecule has 0 spiro atoms. The molecule has 2 amide bonds. The van der Waals surface area contributed by atoms with Crippen LogP contribution in [-0.4, -0.2) is 23.3 Å². The van der Waals surface area contributed by atoms with E-state index in [0.717, 1.165) is 18.5 Å². The van der Waals surface area contributed by atoms with Gasteiger partial charge in [-0.2, -0.15) is 0 Å². The summed E-state index contributed by atoms with van der Waals surface area (Å²) in [5.41, 5.74) is 2.92. The molecule has 3 aromatic rings. The molecule has 26 heavy (non-hydrogen) atoms. The molecule has 1 aromatic carbocycles. The smallest absolute Gasteiger partial charge is 0.291 e. The van der Waals surface area contributed by atoms with Crippen LogP contribution in [0.4, 0.5) is 5.69 Å². The molecule has 6 heteroatoms. The number of thiophene rings is 1. The molecule has 1 aliphatic rings. The van der Waals surface area contributed by atoms with E-state index in [2.05, 4.69) is 16.8 Å². The van der Waals surface area contributed by atoms with Crippen molar-refractivity contribution < 1.29 is 14.0 Å². The van der Waals surface area contributed by atoms with Crippen molar-refractivity contribution in [2.24, 2.45) is 0 Å². The van der Waals surface area contributed by atoms with E-state index in [1.807, 2.05) is 29.2 Å². The second-order valence-electron chi connectivity index (χ2n) is 6.22. The summed E-state index contributed by atoms with van der Waals surface area (Å²) in [7, 11) is 0. The minimum atomic E-state index is -0.286. The first-order valence-corrected chi connectivity index (χ1v) is 9.30. The molecule has 3 heterocycles. The highest BCUT2D eigenvalue weighted by molar-refractivity contribution is 7.10. The summed E-state index contributed by atoms with van der Waals surface area (Å²) in [5.74, 6) is 0.0555. The molecule has 0 saturated carbocycles. The van der Waals surface area contributed by atoms with Crippen molar-refractivity contribution >= 4 is 28.8 Å². The summed E-state index contributed by atoms with van der Waals surface area (Å²) < 4.78 is 5.10. The minimum Gasteiger partial charge on any atom is -0.459 e. The van der Waals surface area contributed by atoms with Crippen LogP contribution in [0, 0.1) is 0 Å². The maximum absolute atomic E-state index is 12.1. The number of nitrogens with one attached hydrogen (secondary N) is 1. The molecule has 5 nitrogen and oxygen atoms in total. The monoisotopic (exact) mass is 366 g/mol. The number of anilines is 1. The third-order valence-corrected chi connectivity index (χ3v) is 5.60. The van der Waals surface area contributed by atoms with Gasteiger partial charge in [-0.05, 0) is 53.3 Å². The number of hydrogen-bond acceptors (Lipinski definition) is 4. The predicted octanol–water partition coefficient (Wildman–Crippen LogP) is 4.09. The number of rotatable bonds is 3. The van der Waals surface area contributed by atoms with Crippen molar-refractivity contribution in [3.8, 4) is 0 Å². The number of carbonyl (C=O) groups is 2. The van der Waals surface area contributed by atoms with Crippen LogP contribution < -0.4 is 5.32 Å². The van der Waals surface area contributed by atoms with Gasteiger partial charge in [0, 0.05) is 24.0 Å². The van der Waals surface area contributed by atoms with Crippen LogP contribution in [-0.2, 0) is 11.2 Å². The number of furan rings is 1. The molecular weight excluding hydrogens is 348 g/mol. The second-order valence-corrected chi connectivity index (χ2v) is 7.22. The zero-order chi connectivity index (χ0) is 18.1. The fourth-order valence-corrected chi connectivity index (χ4v) is 4.27. The Labute approximate surface area is 155 Å². The third kappa shape index (κ3) is 3.04. The summed E-state index contributed by atoms with van der Waals surface area (Å²) in [4.78, 5) is 27.4. The third-order valence-electron chi connectivity index (χ3n) is 4.60. The first-order valence-electron chi connectivity index (χ1n) is 8.42. The summed E-state index contributed by atoms with van der Waals surface area (Å²) in [6, 6.07) is 13.0. The topological polar surface area (TPSA) is 62.6 Å². The van der Waals surface area contributed by atoms with Gasteiger partial charge >= 0.3 is 0 Å². The maximum Gasteiger partial charge on any atom is 0.291 e. The highest BCUT2D eigenvalue weighted by atomic mass is 32.1. The quantitative estimate of drug-likeness (QED) is 0.759. The fraction of sp³-hybridized carbons (Fsp3) is 0.200. The van der Waals surface area contributed by atoms with Crippen molar-refractivity contribution in [1.82, 2.24) is 4.90 Å². The summed E-state index contributed by atoms with van der Waals surface area (Å²) in [6.07, 6.45) is 2.37. The molecule has 0 aliphatic carbocycles. The van der Waals surface area contributed by atoms with Crippen LogP contribution in [0.15, 0.2) is 58.5 Å². The number of nitrogens with zero attached hydrogens (tertiary/aromatic N) is 1. The molecule has 1 N–H and O–H groups in total. The highest BCUT2D eigenvalue weighted by Crippen LogP contribution is 2.38. The van der Waals surface area contributed by atoms with Gasteiger partial charge in [0.1, 0.15) is 0 Å². The molecule has 2 aromatic heterocycles. The SMILES string of the molecule is CC(=O)N1CCc2sccc2[C@@H]1c1ccc(NC(=O)c2ccco2)cc1. The van der Waals surface area contributed by atoms with Crippen molar-refractivity contribution in [2.75, 3.05) is 11.9 Å². The molecule has 1 atom stereocenters. The van der Waals surface area contributed by atoms with E-state index in [-0.39, 0.29) is 23.6 Å². The lowest BCUT2D eigenvalue weighted by atomic mass is 9.93. The summed E-state index contributed by atoms with van der Waals surface area (Å²) in [6.45, 7) is 2.34. The van der Waals surface area contributed by atoms with Crippen LogP contribution in [0.3, 0.4) is 0 Å². The van der Waals surface area contributed by atoms with Crippen LogP contribution in [0.2, 0.25) is 0 Å². The average molecular weight is 366 g/mol. The Kier molecular flexibility index (Phi) is 4.34. The van der Waals surface area contributed by atoms with Crippen LogP contribution in [0.25, 0.3) is 0 Å². The lowest BCUT2D eigenvalue weighted by Crippen LogP contribution is -2.38. The largest absolute Gasteiger partial charge is 0.459 e. The minimum absolute atomic E-state index is 0.0713. The summed E-state index contributed by atoms with van der Waals surface area (Å²) in [5, 5.41) is 4.89. The predicted molar refractivity (Wildman–Crippen MR) is 100 cm³/mol. The van der Waals surface area contributed by atoms with Gasteiger partial charge in [0.2, 0.25) is 5.91 Å². The van der Waals surface area contributed by atoms with Gasteiger partial charge in [-0.25, -0.2) is 0 Å². The van der Waals surface area contributed by atoms with Gasteiger partial charge in [0.25, 0.3) is 5.91 Å². The molecular formula is C20H18N2O3S. The van der Waals surface area contributed by atoms with E-state index in [1.165, 1.54) is 16.7 Å². The van der Waals surface area contributed by atoms with Gasteiger partial charge in [0.05, 0.1) is 12.3 Å². The Hall–Kier alpha value is -2.86. The first-order chi connectivity index (χ1) is 12.6. The van der Waals surface area contributed by atoms with E-state index in [1.54, 1.807) is 30.4 Å². The molecule has 1 aliphatic heterocycles. The molecule has 0 radical (unpaired) electrons. The van der Waals surface area contributed by atoms with Crippen LogP contribution in [0.1, 0.15) is 39.5 Å². The zero-order valence-corrected chi connectivity index (χ0v) is 15.1. The lowest BCUT2D eigenvalue weighted by Gasteiger charge is -2.35. The number of carbonyl (C=O) groups excluding carboxylic acids is 2.